The summed E-state index contributed by atoms with van der Waals surface area (Å²) in [6.45, 7) is -0.186. The minimum absolute atomic E-state index is 0.186. The molecule has 0 aliphatic carbocycles. The third kappa shape index (κ3) is 6.37. The number of fused-ring (bicyclic) bond motifs is 7. The molecular formula is C66H45BN2OSi. The van der Waals surface area contributed by atoms with Crippen molar-refractivity contribution in [2.45, 2.75) is 0 Å². The van der Waals surface area contributed by atoms with Crippen LogP contribution in [0.25, 0.3) is 60.9 Å². The molecule has 0 spiro atoms. The van der Waals surface area contributed by atoms with Gasteiger partial charge in [0.1, 0.15) is 11.5 Å². The van der Waals surface area contributed by atoms with Gasteiger partial charge in [-0.25, -0.2) is 0 Å². The highest BCUT2D eigenvalue weighted by Crippen LogP contribution is 2.47. The second kappa shape index (κ2) is 16.7. The highest BCUT2D eigenvalue weighted by molar-refractivity contribution is 7.20. The molecule has 0 unspecified atom stereocenters. The summed E-state index contributed by atoms with van der Waals surface area (Å²) in [5.74, 6) is 1.74. The van der Waals surface area contributed by atoms with Gasteiger partial charge in [-0.1, -0.05) is 218 Å². The minimum Gasteiger partial charge on any atom is -0.458 e. The topological polar surface area (TPSA) is 17.4 Å². The normalized spacial score (nSPS) is 12.6. The lowest BCUT2D eigenvalue weighted by molar-refractivity contribution is 0.487. The van der Waals surface area contributed by atoms with Crippen LogP contribution in [0.1, 0.15) is 0 Å². The highest BCUT2D eigenvalue weighted by Gasteiger charge is 2.46. The number of nitrogens with zero attached hydrogens (tertiary/aromatic N) is 2. The molecule has 0 bridgehead atoms. The number of hydrogen-bond acceptors (Lipinski definition) is 2. The van der Waals surface area contributed by atoms with E-state index in [1.54, 1.807) is 0 Å². The van der Waals surface area contributed by atoms with Crippen LogP contribution in [0.5, 0.6) is 11.5 Å². The van der Waals surface area contributed by atoms with E-state index < -0.39 is 8.07 Å². The summed E-state index contributed by atoms with van der Waals surface area (Å²) in [7, 11) is -2.89. The largest absolute Gasteiger partial charge is 0.458 e. The maximum atomic E-state index is 7.33. The first kappa shape index (κ1) is 41.1. The fourth-order valence-corrected chi connectivity index (χ4v) is 17.0. The number of rotatable bonds is 8. The van der Waals surface area contributed by atoms with Gasteiger partial charge in [0.25, 0.3) is 0 Å². The van der Waals surface area contributed by atoms with E-state index in [0.717, 1.165) is 50.7 Å². The molecule has 71 heavy (non-hydrogen) atoms. The lowest BCUT2D eigenvalue weighted by atomic mass is 9.44. The van der Waals surface area contributed by atoms with Crippen molar-refractivity contribution in [2.75, 3.05) is 4.81 Å². The van der Waals surface area contributed by atoms with E-state index >= 15 is 0 Å². The average molecular weight is 921 g/mol. The summed E-state index contributed by atoms with van der Waals surface area (Å²) in [6, 6.07) is 101. The molecule has 14 rings (SSSR count). The fourth-order valence-electron chi connectivity index (χ4n) is 12.1. The van der Waals surface area contributed by atoms with Crippen molar-refractivity contribution < 1.29 is 4.74 Å². The molecule has 5 heteroatoms. The molecule has 0 saturated carbocycles. The number of anilines is 2. The van der Waals surface area contributed by atoms with Crippen molar-refractivity contribution >= 4 is 79.8 Å². The first-order valence-electron chi connectivity index (χ1n) is 24.5. The number of ether oxygens (including phenoxy) is 1. The second-order valence-corrected chi connectivity index (χ2v) is 22.5. The van der Waals surface area contributed by atoms with Crippen LogP contribution in [-0.2, 0) is 0 Å². The monoisotopic (exact) mass is 920 g/mol. The van der Waals surface area contributed by atoms with Crippen LogP contribution in [0.4, 0.5) is 11.4 Å². The van der Waals surface area contributed by atoms with Crippen molar-refractivity contribution in [1.82, 2.24) is 4.57 Å². The number of aromatic nitrogens is 1. The van der Waals surface area contributed by atoms with Crippen molar-refractivity contribution in [2.24, 2.45) is 0 Å². The lowest BCUT2D eigenvalue weighted by Gasteiger charge is -2.42. The van der Waals surface area contributed by atoms with Crippen LogP contribution in [-0.4, -0.2) is 19.5 Å². The van der Waals surface area contributed by atoms with Crippen LogP contribution in [0.2, 0.25) is 0 Å². The number of para-hydroxylation sites is 5. The first-order chi connectivity index (χ1) is 35.3. The molecule has 0 saturated heterocycles. The van der Waals surface area contributed by atoms with Crippen LogP contribution in [0.15, 0.2) is 273 Å². The van der Waals surface area contributed by atoms with Crippen LogP contribution in [0, 0.1) is 0 Å². The third-order valence-electron chi connectivity index (χ3n) is 15.0. The molecule has 0 fully saturated rings. The predicted octanol–water partition coefficient (Wildman–Crippen LogP) is 12.5. The maximum Gasteiger partial charge on any atom is 0.336 e. The van der Waals surface area contributed by atoms with Gasteiger partial charge in [-0.15, -0.1) is 0 Å². The Morgan fingerprint density at radius 2 is 0.859 bits per heavy atom. The van der Waals surface area contributed by atoms with Gasteiger partial charge in [0, 0.05) is 38.7 Å². The molecule has 12 aromatic rings. The summed E-state index contributed by atoms with van der Waals surface area (Å²) >= 11 is 0. The third-order valence-corrected chi connectivity index (χ3v) is 19.8. The molecular weight excluding hydrogens is 876 g/mol. The average Bonchev–Trinajstić information content (AvgIpc) is 3.79. The summed E-state index contributed by atoms with van der Waals surface area (Å²) in [4.78, 5) is 2.54. The predicted molar refractivity (Wildman–Crippen MR) is 301 cm³/mol. The van der Waals surface area contributed by atoms with E-state index in [2.05, 4.69) is 282 Å². The smallest absolute Gasteiger partial charge is 0.336 e. The second-order valence-electron chi connectivity index (χ2n) is 18.7. The standard InChI is InChI=1S/C66H45BN2OSi/c1-5-23-48(24-6-1)69-62-39-21-16-35-56(62)57-43-47(52-31-13-18-36-59(52)68-60-37-19-14-33-54(60)55-34-15-20-38-61(55)68)45-64-66(57)67(69)58-44-46(41-42-63(58)70-64)53-32-17-22-40-65(53)71(49-25-7-2-8-26-49,50-27-9-3-10-28-50)51-29-11-4-12-30-51/h1-45H. The molecule has 0 amide bonds. The van der Waals surface area contributed by atoms with Gasteiger partial charge in [0.05, 0.1) is 16.7 Å². The van der Waals surface area contributed by atoms with Crippen LogP contribution >= 0.6 is 0 Å². The Hall–Kier alpha value is -8.90. The Labute approximate surface area is 415 Å². The van der Waals surface area contributed by atoms with Gasteiger partial charge >= 0.3 is 6.85 Å². The minimum atomic E-state index is -2.89. The number of benzene rings is 11. The molecule has 2 aliphatic heterocycles. The molecule has 2 aliphatic rings. The molecule has 0 radical (unpaired) electrons. The summed E-state index contributed by atoms with van der Waals surface area (Å²) in [6.07, 6.45) is 0. The Morgan fingerprint density at radius 1 is 0.352 bits per heavy atom. The molecule has 0 atom stereocenters. The molecule has 11 aromatic carbocycles. The van der Waals surface area contributed by atoms with E-state index in [4.69, 9.17) is 4.74 Å². The van der Waals surface area contributed by atoms with Gasteiger partial charge in [0.15, 0.2) is 8.07 Å². The molecule has 3 heterocycles. The first-order valence-corrected chi connectivity index (χ1v) is 26.5. The van der Waals surface area contributed by atoms with Crippen molar-refractivity contribution in [3.63, 3.8) is 0 Å². The Kier molecular flexibility index (Phi) is 9.65. The van der Waals surface area contributed by atoms with Gasteiger partial charge in [-0.3, -0.25) is 0 Å². The molecule has 332 valence electrons. The zero-order valence-electron chi connectivity index (χ0n) is 38.9. The lowest BCUT2D eigenvalue weighted by Crippen LogP contribution is -2.75. The Morgan fingerprint density at radius 3 is 1.49 bits per heavy atom. The molecule has 1 aromatic heterocycles. The van der Waals surface area contributed by atoms with Crippen molar-refractivity contribution in [3.8, 4) is 50.6 Å². The van der Waals surface area contributed by atoms with E-state index in [1.165, 1.54) is 64.7 Å². The SMILES string of the molecule is c1ccc(N2B3c4cc(-c5ccccc5[Si](c5ccccc5)(c5ccccc5)c5ccccc5)ccc4Oc4cc(-c5ccccc5-n5c6ccccc6c6ccccc65)cc(c43)-c3ccccc32)cc1. The van der Waals surface area contributed by atoms with E-state index in [-0.39, 0.29) is 6.85 Å². The molecule has 3 nitrogen and oxygen atoms in total. The van der Waals surface area contributed by atoms with E-state index in [9.17, 15) is 0 Å². The summed E-state index contributed by atoms with van der Waals surface area (Å²) in [5.41, 5.74) is 15.1. The quantitative estimate of drug-likeness (QED) is 0.112. The Balaban J connectivity index is 0.998. The fraction of sp³-hybridized carbons (Fsp3) is 0. The van der Waals surface area contributed by atoms with E-state index in [0.29, 0.717) is 0 Å². The van der Waals surface area contributed by atoms with Gasteiger partial charge < -0.3 is 14.1 Å². The zero-order valence-corrected chi connectivity index (χ0v) is 39.9. The maximum absolute atomic E-state index is 7.33. The van der Waals surface area contributed by atoms with Crippen LogP contribution in [0.3, 0.4) is 0 Å². The van der Waals surface area contributed by atoms with Gasteiger partial charge in [-0.2, -0.15) is 0 Å². The molecule has 0 N–H and O–H groups in total. The Bertz CT molecular complexity index is 3840. The van der Waals surface area contributed by atoms with Crippen molar-refractivity contribution in [3.05, 3.63) is 273 Å². The number of hydrogen-bond donors (Lipinski definition) is 0. The summed E-state index contributed by atoms with van der Waals surface area (Å²) in [5, 5.41) is 7.87. The zero-order chi connectivity index (χ0) is 46.9. The van der Waals surface area contributed by atoms with Gasteiger partial charge in [-0.05, 0) is 103 Å². The van der Waals surface area contributed by atoms with Gasteiger partial charge in [0.2, 0.25) is 0 Å². The van der Waals surface area contributed by atoms with Crippen LogP contribution < -0.4 is 41.2 Å². The van der Waals surface area contributed by atoms with Crippen molar-refractivity contribution in [1.29, 1.82) is 0 Å². The van der Waals surface area contributed by atoms with E-state index in [1.807, 2.05) is 0 Å². The highest BCUT2D eigenvalue weighted by atomic mass is 28.3. The summed E-state index contributed by atoms with van der Waals surface area (Å²) < 4.78 is 9.76.